The van der Waals surface area contributed by atoms with Crippen molar-refractivity contribution in [1.82, 2.24) is 0 Å². The van der Waals surface area contributed by atoms with Crippen molar-refractivity contribution in [2.24, 2.45) is 0 Å². The zero-order chi connectivity index (χ0) is 13.1. The van der Waals surface area contributed by atoms with E-state index in [1.807, 2.05) is 0 Å². The van der Waals surface area contributed by atoms with Crippen LogP contribution in [0.2, 0.25) is 0 Å². The molecule has 2 unspecified atom stereocenters. The average Bonchev–Trinajstić information content (AvgIpc) is 2.89. The lowest BCUT2D eigenvalue weighted by molar-refractivity contribution is 0.0661. The Labute approximate surface area is 108 Å². The molecule has 0 amide bonds. The number of hydrogen-bond acceptors (Lipinski definition) is 4. The molecule has 5 nitrogen and oxygen atoms in total. The zero-order valence-corrected chi connectivity index (χ0v) is 11.0. The van der Waals surface area contributed by atoms with Gasteiger partial charge in [-0.15, -0.1) is 0 Å². The molecule has 1 aromatic rings. The van der Waals surface area contributed by atoms with Gasteiger partial charge in [0.05, 0.1) is 17.6 Å². The molecular formula is C12H16O5S. The minimum Gasteiger partial charge on any atom is -0.475 e. The van der Waals surface area contributed by atoms with Crippen molar-refractivity contribution in [2.45, 2.75) is 31.6 Å². The van der Waals surface area contributed by atoms with Crippen molar-refractivity contribution >= 4 is 16.8 Å². The first kappa shape index (κ1) is 13.3. The van der Waals surface area contributed by atoms with Crippen LogP contribution in [-0.4, -0.2) is 33.7 Å². The maximum atomic E-state index is 11.9. The highest BCUT2D eigenvalue weighted by atomic mass is 32.2. The molecular weight excluding hydrogens is 256 g/mol. The number of aromatic carboxylic acids is 1. The highest BCUT2D eigenvalue weighted by molar-refractivity contribution is 7.84. The van der Waals surface area contributed by atoms with E-state index in [9.17, 15) is 9.00 Å². The summed E-state index contributed by atoms with van der Waals surface area (Å²) in [5, 5.41) is 8.80. The minimum absolute atomic E-state index is 0.0805. The molecule has 18 heavy (non-hydrogen) atoms. The molecule has 2 heterocycles. The van der Waals surface area contributed by atoms with E-state index >= 15 is 0 Å². The number of hydrogen-bond donors (Lipinski definition) is 1. The Morgan fingerprint density at radius 1 is 1.61 bits per heavy atom. The van der Waals surface area contributed by atoms with Crippen LogP contribution in [-0.2, 0) is 21.3 Å². The molecule has 1 aromatic heterocycles. The molecule has 1 saturated heterocycles. The molecule has 0 bridgehead atoms. The van der Waals surface area contributed by atoms with Crippen molar-refractivity contribution in [1.29, 1.82) is 0 Å². The Bertz CT molecular complexity index is 459. The summed E-state index contributed by atoms with van der Waals surface area (Å²) in [5.74, 6) is 0.147. The molecule has 2 rings (SSSR count). The Morgan fingerprint density at radius 2 is 2.39 bits per heavy atom. The number of carboxylic acid groups (broad SMARTS) is 1. The van der Waals surface area contributed by atoms with Gasteiger partial charge in [0.15, 0.2) is 0 Å². The molecule has 0 aromatic carbocycles. The fraction of sp³-hybridized carbons (Fsp3) is 0.583. The first-order chi connectivity index (χ1) is 8.56. The number of rotatable bonds is 5. The van der Waals surface area contributed by atoms with Crippen molar-refractivity contribution in [3.63, 3.8) is 0 Å². The summed E-state index contributed by atoms with van der Waals surface area (Å²) in [5.41, 5.74) is 0.698. The van der Waals surface area contributed by atoms with E-state index < -0.39 is 16.8 Å². The maximum absolute atomic E-state index is 11.9. The Kier molecular flexibility index (Phi) is 4.19. The lowest BCUT2D eigenvalue weighted by atomic mass is 10.3. The lowest BCUT2D eigenvalue weighted by Crippen LogP contribution is -2.16. The third-order valence-corrected chi connectivity index (χ3v) is 4.32. The van der Waals surface area contributed by atoms with Gasteiger partial charge in [0.25, 0.3) is 0 Å². The van der Waals surface area contributed by atoms with Crippen LogP contribution in [0.1, 0.15) is 34.7 Å². The van der Waals surface area contributed by atoms with E-state index in [1.54, 1.807) is 6.92 Å². The van der Waals surface area contributed by atoms with Gasteiger partial charge in [-0.2, -0.15) is 0 Å². The molecule has 0 radical (unpaired) electrons. The van der Waals surface area contributed by atoms with E-state index in [1.165, 1.54) is 6.07 Å². The normalized spacial score (nSPS) is 21.1. The quantitative estimate of drug-likeness (QED) is 0.883. The summed E-state index contributed by atoms with van der Waals surface area (Å²) in [6, 6.07) is 1.45. The summed E-state index contributed by atoms with van der Waals surface area (Å²) in [6.45, 7) is 2.43. The molecule has 6 heteroatoms. The van der Waals surface area contributed by atoms with Gasteiger partial charge in [0.2, 0.25) is 5.76 Å². The summed E-state index contributed by atoms with van der Waals surface area (Å²) in [7, 11) is -1.05. The van der Waals surface area contributed by atoms with E-state index in [0.717, 1.165) is 19.4 Å². The fourth-order valence-electron chi connectivity index (χ4n) is 1.98. The zero-order valence-electron chi connectivity index (χ0n) is 10.2. The van der Waals surface area contributed by atoms with Crippen molar-refractivity contribution < 1.29 is 23.3 Å². The molecule has 0 aliphatic carbocycles. The summed E-state index contributed by atoms with van der Waals surface area (Å²) >= 11 is 0. The van der Waals surface area contributed by atoms with E-state index in [4.69, 9.17) is 14.3 Å². The summed E-state index contributed by atoms with van der Waals surface area (Å²) in [6.07, 6.45) is 2.06. The van der Waals surface area contributed by atoms with Gasteiger partial charge < -0.3 is 14.3 Å². The largest absolute Gasteiger partial charge is 0.475 e. The topological polar surface area (TPSA) is 76.7 Å². The van der Waals surface area contributed by atoms with Crippen LogP contribution < -0.4 is 0 Å². The highest BCUT2D eigenvalue weighted by Gasteiger charge is 2.20. The van der Waals surface area contributed by atoms with Gasteiger partial charge in [0.1, 0.15) is 5.76 Å². The molecule has 2 atom stereocenters. The Morgan fingerprint density at radius 3 is 2.94 bits per heavy atom. The molecule has 0 spiro atoms. The number of carbonyl (C=O) groups is 1. The summed E-state index contributed by atoms with van der Waals surface area (Å²) < 4.78 is 22.4. The molecule has 1 aliphatic rings. The van der Waals surface area contributed by atoms with Gasteiger partial charge in [0, 0.05) is 23.0 Å². The van der Waals surface area contributed by atoms with Crippen LogP contribution in [0.5, 0.6) is 0 Å². The standard InChI is InChI=1S/C12H16O5S/c1-8-9(5-11(17-8)12(13)14)6-18(15)7-10-3-2-4-16-10/h5,10H,2-4,6-7H2,1H3,(H,13,14). The number of aryl methyl sites for hydroxylation is 1. The molecule has 1 aliphatic heterocycles. The number of furan rings is 1. The highest BCUT2D eigenvalue weighted by Crippen LogP contribution is 2.19. The van der Waals surface area contributed by atoms with Gasteiger partial charge in [-0.1, -0.05) is 0 Å². The molecule has 1 fully saturated rings. The van der Waals surface area contributed by atoms with Crippen LogP contribution >= 0.6 is 0 Å². The first-order valence-corrected chi connectivity index (χ1v) is 7.34. The second-order valence-corrected chi connectivity index (χ2v) is 5.88. The third-order valence-electron chi connectivity index (χ3n) is 2.94. The monoisotopic (exact) mass is 272 g/mol. The van der Waals surface area contributed by atoms with Gasteiger partial charge in [-0.25, -0.2) is 4.79 Å². The van der Waals surface area contributed by atoms with Crippen molar-refractivity contribution in [3.05, 3.63) is 23.2 Å². The second kappa shape index (κ2) is 5.67. The minimum atomic E-state index is -1.10. The van der Waals surface area contributed by atoms with Crippen molar-refractivity contribution in [3.8, 4) is 0 Å². The van der Waals surface area contributed by atoms with E-state index in [-0.39, 0.29) is 11.9 Å². The Hall–Kier alpha value is -1.14. The molecule has 0 saturated carbocycles. The average molecular weight is 272 g/mol. The van der Waals surface area contributed by atoms with Crippen LogP contribution in [0.4, 0.5) is 0 Å². The first-order valence-electron chi connectivity index (χ1n) is 5.85. The maximum Gasteiger partial charge on any atom is 0.371 e. The smallest absolute Gasteiger partial charge is 0.371 e. The van der Waals surface area contributed by atoms with E-state index in [2.05, 4.69) is 0 Å². The second-order valence-electron chi connectivity index (χ2n) is 4.38. The van der Waals surface area contributed by atoms with Crippen LogP contribution in [0.15, 0.2) is 10.5 Å². The molecule has 100 valence electrons. The third kappa shape index (κ3) is 3.20. The summed E-state index contributed by atoms with van der Waals surface area (Å²) in [4.78, 5) is 10.7. The van der Waals surface area contributed by atoms with Crippen molar-refractivity contribution in [2.75, 3.05) is 12.4 Å². The van der Waals surface area contributed by atoms with Crippen LogP contribution in [0.3, 0.4) is 0 Å². The number of carboxylic acids is 1. The number of ether oxygens (including phenoxy) is 1. The van der Waals surface area contributed by atoms with E-state index in [0.29, 0.717) is 22.8 Å². The van der Waals surface area contributed by atoms with Gasteiger partial charge >= 0.3 is 5.97 Å². The van der Waals surface area contributed by atoms with Gasteiger partial charge in [-0.05, 0) is 25.8 Å². The predicted molar refractivity (Wildman–Crippen MR) is 66.1 cm³/mol. The van der Waals surface area contributed by atoms with Crippen LogP contribution in [0, 0.1) is 6.92 Å². The van der Waals surface area contributed by atoms with Crippen LogP contribution in [0.25, 0.3) is 0 Å². The fourth-order valence-corrected chi connectivity index (χ4v) is 3.41. The van der Waals surface area contributed by atoms with Gasteiger partial charge in [-0.3, -0.25) is 4.21 Å². The SMILES string of the molecule is Cc1oc(C(=O)O)cc1CS(=O)CC1CCCO1. The predicted octanol–water partition coefficient (Wildman–Crippen LogP) is 1.71. The lowest BCUT2D eigenvalue weighted by Gasteiger charge is -2.08. The Balaban J connectivity index is 1.95. The molecule has 1 N–H and O–H groups in total.